The third kappa shape index (κ3) is 3.98. The van der Waals surface area contributed by atoms with Gasteiger partial charge < -0.3 is 18.6 Å². The quantitative estimate of drug-likeness (QED) is 0.747. The monoisotopic (exact) mass is 388 g/mol. The van der Waals surface area contributed by atoms with Crippen LogP contribution in [0.25, 0.3) is 0 Å². The van der Waals surface area contributed by atoms with Gasteiger partial charge in [0.05, 0.1) is 20.3 Å². The number of aromatic nitrogens is 3. The average molecular weight is 388 g/mol. The lowest BCUT2D eigenvalue weighted by atomic mass is 10.0. The average Bonchev–Trinajstić information content (AvgIpc) is 3.24. The maximum absolute atomic E-state index is 6.14. The topological polar surface area (TPSA) is 82.7 Å². The number of methoxy groups -OCH3 is 2. The van der Waals surface area contributed by atoms with E-state index < -0.39 is 0 Å². The van der Waals surface area contributed by atoms with Crippen LogP contribution < -0.4 is 9.47 Å². The second-order valence-electron chi connectivity index (χ2n) is 7.34. The highest BCUT2D eigenvalue weighted by Gasteiger charge is 2.31. The van der Waals surface area contributed by atoms with Crippen molar-refractivity contribution in [3.63, 3.8) is 0 Å². The summed E-state index contributed by atoms with van der Waals surface area (Å²) in [6, 6.07) is 1.92. The van der Waals surface area contributed by atoms with E-state index in [0.29, 0.717) is 29.9 Å². The van der Waals surface area contributed by atoms with Crippen molar-refractivity contribution in [2.45, 2.75) is 50.6 Å². The van der Waals surface area contributed by atoms with Gasteiger partial charge in [-0.2, -0.15) is 0 Å². The van der Waals surface area contributed by atoms with Gasteiger partial charge in [-0.1, -0.05) is 6.42 Å². The standard InChI is InChI=1S/C20H28N4O4/c1-25-17-6-9-21-15(18(17)26-2)13-24-10-4-3-5-16(24)20-23-22-19(28-20)14-7-11-27-12-8-14/h6,9,14,16H,3-5,7-8,10-13H2,1-2H3/t16-/m1/s1. The molecule has 4 rings (SSSR count). The Morgan fingerprint density at radius 3 is 2.68 bits per heavy atom. The van der Waals surface area contributed by atoms with Crippen LogP contribution in [0.15, 0.2) is 16.7 Å². The molecule has 2 aromatic rings. The molecular weight excluding hydrogens is 360 g/mol. The fraction of sp³-hybridized carbons (Fsp3) is 0.650. The first-order valence-electron chi connectivity index (χ1n) is 10.0. The molecule has 2 aliphatic rings. The zero-order chi connectivity index (χ0) is 19.3. The summed E-state index contributed by atoms with van der Waals surface area (Å²) in [4.78, 5) is 6.89. The minimum Gasteiger partial charge on any atom is -0.493 e. The number of rotatable bonds is 6. The van der Waals surface area contributed by atoms with Gasteiger partial charge in [-0.15, -0.1) is 10.2 Å². The zero-order valence-corrected chi connectivity index (χ0v) is 16.6. The predicted molar refractivity (Wildman–Crippen MR) is 101 cm³/mol. The normalized spacial score (nSPS) is 21.6. The fourth-order valence-electron chi connectivity index (χ4n) is 4.11. The molecule has 4 heterocycles. The molecule has 2 fully saturated rings. The molecule has 0 saturated carbocycles. The summed E-state index contributed by atoms with van der Waals surface area (Å²) < 4.78 is 22.5. The molecule has 152 valence electrons. The zero-order valence-electron chi connectivity index (χ0n) is 16.6. The van der Waals surface area contributed by atoms with E-state index in [1.807, 2.05) is 6.07 Å². The first-order valence-corrected chi connectivity index (χ1v) is 10.0. The third-order valence-electron chi connectivity index (χ3n) is 5.64. The molecule has 2 saturated heterocycles. The number of pyridine rings is 1. The lowest BCUT2D eigenvalue weighted by Gasteiger charge is -2.33. The summed E-state index contributed by atoms with van der Waals surface area (Å²) in [5.41, 5.74) is 0.859. The highest BCUT2D eigenvalue weighted by Crippen LogP contribution is 2.36. The van der Waals surface area contributed by atoms with Crippen molar-refractivity contribution in [2.75, 3.05) is 34.0 Å². The van der Waals surface area contributed by atoms with Crippen molar-refractivity contribution >= 4 is 0 Å². The Kier molecular flexibility index (Phi) is 6.07. The lowest BCUT2D eigenvalue weighted by molar-refractivity contribution is 0.0766. The fourth-order valence-corrected chi connectivity index (χ4v) is 4.11. The molecule has 0 bridgehead atoms. The van der Waals surface area contributed by atoms with E-state index in [4.69, 9.17) is 18.6 Å². The molecule has 28 heavy (non-hydrogen) atoms. The summed E-state index contributed by atoms with van der Waals surface area (Å²) in [7, 11) is 3.29. The van der Waals surface area contributed by atoms with Gasteiger partial charge in [-0.3, -0.25) is 9.88 Å². The number of piperidine rings is 1. The van der Waals surface area contributed by atoms with Gasteiger partial charge in [0.15, 0.2) is 11.5 Å². The summed E-state index contributed by atoms with van der Waals surface area (Å²) in [6.45, 7) is 3.14. The van der Waals surface area contributed by atoms with E-state index >= 15 is 0 Å². The second-order valence-corrected chi connectivity index (χ2v) is 7.34. The highest BCUT2D eigenvalue weighted by molar-refractivity contribution is 5.42. The van der Waals surface area contributed by atoms with Gasteiger partial charge in [-0.05, 0) is 32.2 Å². The molecule has 8 nitrogen and oxygen atoms in total. The minimum absolute atomic E-state index is 0.104. The maximum atomic E-state index is 6.14. The van der Waals surface area contributed by atoms with Crippen molar-refractivity contribution in [2.24, 2.45) is 0 Å². The Hall–Kier alpha value is -2.19. The molecule has 2 aromatic heterocycles. The Morgan fingerprint density at radius 2 is 1.89 bits per heavy atom. The first kappa shape index (κ1) is 19.1. The van der Waals surface area contributed by atoms with E-state index in [1.165, 1.54) is 0 Å². The number of likely N-dealkylation sites (tertiary alicyclic amines) is 1. The molecule has 0 aliphatic carbocycles. The predicted octanol–water partition coefficient (Wildman–Crippen LogP) is 3.10. The molecule has 8 heteroatoms. The van der Waals surface area contributed by atoms with Crippen LogP contribution in [0.2, 0.25) is 0 Å². The molecule has 2 aliphatic heterocycles. The van der Waals surface area contributed by atoms with E-state index in [1.54, 1.807) is 20.4 Å². The SMILES string of the molecule is COc1ccnc(CN2CCCC[C@@H]2c2nnc(C3CCOCC3)o2)c1OC. The Balaban J connectivity index is 1.53. The number of ether oxygens (including phenoxy) is 3. The Morgan fingerprint density at radius 1 is 1.07 bits per heavy atom. The minimum atomic E-state index is 0.104. The van der Waals surface area contributed by atoms with E-state index in [0.717, 1.165) is 63.4 Å². The van der Waals surface area contributed by atoms with Crippen molar-refractivity contribution in [3.8, 4) is 11.5 Å². The van der Waals surface area contributed by atoms with Crippen LogP contribution in [0.4, 0.5) is 0 Å². The van der Waals surface area contributed by atoms with Gasteiger partial charge in [0.2, 0.25) is 11.8 Å². The molecule has 0 radical (unpaired) electrons. The van der Waals surface area contributed by atoms with Crippen LogP contribution in [-0.4, -0.2) is 54.1 Å². The summed E-state index contributed by atoms with van der Waals surface area (Å²) in [5, 5.41) is 8.77. The molecule has 0 aromatic carbocycles. The van der Waals surface area contributed by atoms with Crippen LogP contribution in [-0.2, 0) is 11.3 Å². The summed E-state index contributed by atoms with van der Waals surface area (Å²) in [5.74, 6) is 3.15. The summed E-state index contributed by atoms with van der Waals surface area (Å²) in [6.07, 6.45) is 6.94. The van der Waals surface area contributed by atoms with Crippen molar-refractivity contribution in [1.29, 1.82) is 0 Å². The van der Waals surface area contributed by atoms with Gasteiger partial charge in [0.25, 0.3) is 0 Å². The lowest BCUT2D eigenvalue weighted by Crippen LogP contribution is -2.33. The van der Waals surface area contributed by atoms with E-state index in [2.05, 4.69) is 20.1 Å². The number of hydrogen-bond donors (Lipinski definition) is 0. The maximum Gasteiger partial charge on any atom is 0.233 e. The second kappa shape index (κ2) is 8.87. The molecule has 0 unspecified atom stereocenters. The molecule has 0 N–H and O–H groups in total. The van der Waals surface area contributed by atoms with Gasteiger partial charge in [0, 0.05) is 37.9 Å². The van der Waals surface area contributed by atoms with Gasteiger partial charge in [0.1, 0.15) is 5.69 Å². The highest BCUT2D eigenvalue weighted by atomic mass is 16.5. The molecule has 1 atom stereocenters. The third-order valence-corrected chi connectivity index (χ3v) is 5.64. The van der Waals surface area contributed by atoms with Crippen molar-refractivity contribution in [1.82, 2.24) is 20.1 Å². The number of nitrogens with zero attached hydrogens (tertiary/aromatic N) is 4. The summed E-state index contributed by atoms with van der Waals surface area (Å²) >= 11 is 0. The van der Waals surface area contributed by atoms with Crippen LogP contribution in [0.3, 0.4) is 0 Å². The largest absolute Gasteiger partial charge is 0.493 e. The smallest absolute Gasteiger partial charge is 0.233 e. The van der Waals surface area contributed by atoms with Crippen molar-refractivity contribution in [3.05, 3.63) is 29.7 Å². The Labute approximate surface area is 165 Å². The molecular formula is C20H28N4O4. The Bertz CT molecular complexity index is 775. The van der Waals surface area contributed by atoms with Crippen LogP contribution in [0.5, 0.6) is 11.5 Å². The van der Waals surface area contributed by atoms with Crippen molar-refractivity contribution < 1.29 is 18.6 Å². The molecule has 0 amide bonds. The van der Waals surface area contributed by atoms with Gasteiger partial charge in [-0.25, -0.2) is 0 Å². The van der Waals surface area contributed by atoms with Crippen LogP contribution >= 0.6 is 0 Å². The first-order chi connectivity index (χ1) is 13.8. The van der Waals surface area contributed by atoms with E-state index in [-0.39, 0.29) is 6.04 Å². The van der Waals surface area contributed by atoms with Crippen LogP contribution in [0.1, 0.15) is 61.5 Å². The van der Waals surface area contributed by atoms with Gasteiger partial charge >= 0.3 is 0 Å². The van der Waals surface area contributed by atoms with E-state index in [9.17, 15) is 0 Å². The molecule has 0 spiro atoms. The number of hydrogen-bond acceptors (Lipinski definition) is 8. The van der Waals surface area contributed by atoms with Crippen LogP contribution in [0, 0.1) is 0 Å².